The highest BCUT2D eigenvalue weighted by molar-refractivity contribution is 5.82. The summed E-state index contributed by atoms with van der Waals surface area (Å²) in [5, 5.41) is 8.81. The van der Waals surface area contributed by atoms with Crippen molar-refractivity contribution in [3.8, 4) is 0 Å². The molecule has 0 aliphatic heterocycles. The van der Waals surface area contributed by atoms with Gasteiger partial charge in [0, 0.05) is 12.5 Å². The number of carbonyl (C=O) groups is 2. The molecule has 98 valence electrons. The predicted octanol–water partition coefficient (Wildman–Crippen LogP) is 2.13. The van der Waals surface area contributed by atoms with Gasteiger partial charge in [-0.1, -0.05) is 27.7 Å². The summed E-state index contributed by atoms with van der Waals surface area (Å²) in [6, 6.07) is 0.172. The molecule has 1 fully saturated rings. The lowest BCUT2D eigenvalue weighted by Crippen LogP contribution is -2.39. The number of hydrogen-bond donors (Lipinski definition) is 1. The molecule has 1 rings (SSSR count). The molecule has 0 heterocycles. The van der Waals surface area contributed by atoms with Crippen molar-refractivity contribution in [2.75, 3.05) is 6.54 Å². The smallest absolute Gasteiger partial charge is 0.323 e. The van der Waals surface area contributed by atoms with E-state index < -0.39 is 5.97 Å². The second-order valence-electron chi connectivity index (χ2n) is 6.12. The van der Waals surface area contributed by atoms with Crippen molar-refractivity contribution in [2.45, 2.75) is 53.0 Å². The highest BCUT2D eigenvalue weighted by Crippen LogP contribution is 2.31. The highest BCUT2D eigenvalue weighted by Gasteiger charge is 2.35. The number of nitrogens with zero attached hydrogens (tertiary/aromatic N) is 1. The molecule has 1 saturated carbocycles. The van der Waals surface area contributed by atoms with Gasteiger partial charge >= 0.3 is 5.97 Å². The van der Waals surface area contributed by atoms with Crippen LogP contribution in [-0.4, -0.2) is 34.5 Å². The average Bonchev–Trinajstić information content (AvgIpc) is 2.95. The summed E-state index contributed by atoms with van der Waals surface area (Å²) in [6.45, 7) is 8.20. The third-order valence-electron chi connectivity index (χ3n) is 3.57. The minimum absolute atomic E-state index is 0.0164. The van der Waals surface area contributed by atoms with Crippen LogP contribution in [0.1, 0.15) is 47.0 Å². The number of aliphatic carboxylic acids is 1. The normalized spacial score (nSPS) is 17.6. The third kappa shape index (κ3) is 4.36. The van der Waals surface area contributed by atoms with Crippen LogP contribution in [0, 0.1) is 11.3 Å². The minimum atomic E-state index is -0.923. The van der Waals surface area contributed by atoms with Crippen molar-refractivity contribution in [3.63, 3.8) is 0 Å². The van der Waals surface area contributed by atoms with Crippen molar-refractivity contribution in [1.82, 2.24) is 4.90 Å². The first-order valence-electron chi connectivity index (χ1n) is 6.23. The molecule has 0 bridgehead atoms. The van der Waals surface area contributed by atoms with Crippen LogP contribution in [0.15, 0.2) is 0 Å². The molecule has 17 heavy (non-hydrogen) atoms. The molecule has 0 spiro atoms. The number of carboxylic acids is 1. The van der Waals surface area contributed by atoms with E-state index >= 15 is 0 Å². The van der Waals surface area contributed by atoms with E-state index in [-0.39, 0.29) is 29.8 Å². The summed E-state index contributed by atoms with van der Waals surface area (Å²) in [5.74, 6) is -0.684. The summed E-state index contributed by atoms with van der Waals surface area (Å²) in [7, 11) is 0. The molecule has 1 atom stereocenters. The maximum Gasteiger partial charge on any atom is 0.323 e. The molecule has 4 nitrogen and oxygen atoms in total. The third-order valence-corrected chi connectivity index (χ3v) is 3.57. The lowest BCUT2D eigenvalue weighted by molar-refractivity contribution is -0.145. The van der Waals surface area contributed by atoms with Crippen molar-refractivity contribution in [2.24, 2.45) is 11.3 Å². The second-order valence-corrected chi connectivity index (χ2v) is 6.12. The zero-order chi connectivity index (χ0) is 13.2. The summed E-state index contributed by atoms with van der Waals surface area (Å²) in [5.41, 5.74) is 0.0775. The first kappa shape index (κ1) is 14.0. The first-order chi connectivity index (χ1) is 7.71. The molecule has 0 aromatic carbocycles. The van der Waals surface area contributed by atoms with Crippen molar-refractivity contribution >= 4 is 11.9 Å². The number of rotatable bonds is 5. The zero-order valence-electron chi connectivity index (χ0n) is 11.2. The zero-order valence-corrected chi connectivity index (χ0v) is 11.2. The number of hydrogen-bond acceptors (Lipinski definition) is 2. The van der Waals surface area contributed by atoms with E-state index in [1.165, 1.54) is 4.90 Å². The molecule has 0 aromatic heterocycles. The molecule has 4 heteroatoms. The molecule has 1 amide bonds. The van der Waals surface area contributed by atoms with Crippen LogP contribution >= 0.6 is 0 Å². The SMILES string of the molecule is CC(CC(=O)N(CC(=O)O)C1CC1)C(C)(C)C. The Balaban J connectivity index is 2.56. The average molecular weight is 241 g/mol. The topological polar surface area (TPSA) is 57.6 Å². The molecule has 0 aromatic rings. The van der Waals surface area contributed by atoms with E-state index in [0.29, 0.717) is 6.42 Å². The molecule has 0 saturated heterocycles. The Labute approximate surface area is 103 Å². The highest BCUT2D eigenvalue weighted by atomic mass is 16.4. The van der Waals surface area contributed by atoms with Gasteiger partial charge in [-0.2, -0.15) is 0 Å². The number of carbonyl (C=O) groups excluding carboxylic acids is 1. The Morgan fingerprint density at radius 1 is 1.35 bits per heavy atom. The van der Waals surface area contributed by atoms with E-state index in [1.54, 1.807) is 0 Å². The molecule has 0 radical (unpaired) electrons. The summed E-state index contributed by atoms with van der Waals surface area (Å²) in [6.07, 6.45) is 2.33. The van der Waals surface area contributed by atoms with Gasteiger partial charge in [-0.05, 0) is 24.2 Å². The fourth-order valence-electron chi connectivity index (χ4n) is 1.64. The lowest BCUT2D eigenvalue weighted by Gasteiger charge is -2.29. The van der Waals surface area contributed by atoms with Crippen LogP contribution < -0.4 is 0 Å². The van der Waals surface area contributed by atoms with Crippen molar-refractivity contribution < 1.29 is 14.7 Å². The van der Waals surface area contributed by atoms with Crippen LogP contribution in [0.5, 0.6) is 0 Å². The summed E-state index contributed by atoms with van der Waals surface area (Å²) < 4.78 is 0. The Bertz CT molecular complexity index is 302. The van der Waals surface area contributed by atoms with Gasteiger partial charge < -0.3 is 10.0 Å². The number of carboxylic acid groups (broad SMARTS) is 1. The van der Waals surface area contributed by atoms with Crippen LogP contribution in [0.3, 0.4) is 0 Å². The Hall–Kier alpha value is -1.06. The minimum Gasteiger partial charge on any atom is -0.480 e. The maximum absolute atomic E-state index is 12.1. The molecular formula is C13H23NO3. The monoisotopic (exact) mass is 241 g/mol. The van der Waals surface area contributed by atoms with E-state index in [4.69, 9.17) is 5.11 Å². The maximum atomic E-state index is 12.1. The molecule has 1 unspecified atom stereocenters. The largest absolute Gasteiger partial charge is 0.480 e. The van der Waals surface area contributed by atoms with Crippen molar-refractivity contribution in [3.05, 3.63) is 0 Å². The fourth-order valence-corrected chi connectivity index (χ4v) is 1.64. The van der Waals surface area contributed by atoms with E-state index in [1.807, 2.05) is 6.92 Å². The summed E-state index contributed by atoms with van der Waals surface area (Å²) >= 11 is 0. The second kappa shape index (κ2) is 5.07. The Morgan fingerprint density at radius 2 is 1.88 bits per heavy atom. The fraction of sp³-hybridized carbons (Fsp3) is 0.846. The predicted molar refractivity (Wildman–Crippen MR) is 65.6 cm³/mol. The van der Waals surface area contributed by atoms with E-state index in [0.717, 1.165) is 12.8 Å². The standard InChI is InChI=1S/C13H23NO3/c1-9(13(2,3)4)7-11(15)14(8-12(16)17)10-5-6-10/h9-10H,5-8H2,1-4H3,(H,16,17). The van der Waals surface area contributed by atoms with Gasteiger partial charge in [-0.15, -0.1) is 0 Å². The Kier molecular flexibility index (Phi) is 4.17. The van der Waals surface area contributed by atoms with Gasteiger partial charge in [-0.25, -0.2) is 0 Å². The van der Waals surface area contributed by atoms with Crippen LogP contribution in [0.4, 0.5) is 0 Å². The van der Waals surface area contributed by atoms with Crippen molar-refractivity contribution in [1.29, 1.82) is 0 Å². The van der Waals surface area contributed by atoms with E-state index in [9.17, 15) is 9.59 Å². The van der Waals surface area contributed by atoms with Gasteiger partial charge in [0.25, 0.3) is 0 Å². The number of amides is 1. The molecule has 1 aliphatic rings. The molecule has 1 N–H and O–H groups in total. The lowest BCUT2D eigenvalue weighted by atomic mass is 9.80. The quantitative estimate of drug-likeness (QED) is 0.802. The van der Waals surface area contributed by atoms with E-state index in [2.05, 4.69) is 20.8 Å². The van der Waals surface area contributed by atoms with Crippen LogP contribution in [0.2, 0.25) is 0 Å². The van der Waals surface area contributed by atoms with Gasteiger partial charge in [0.2, 0.25) is 5.91 Å². The molecular weight excluding hydrogens is 218 g/mol. The first-order valence-corrected chi connectivity index (χ1v) is 6.23. The van der Waals surface area contributed by atoms with Gasteiger partial charge in [-0.3, -0.25) is 9.59 Å². The van der Waals surface area contributed by atoms with Gasteiger partial charge in [0.05, 0.1) is 0 Å². The van der Waals surface area contributed by atoms with Crippen LogP contribution in [-0.2, 0) is 9.59 Å². The summed E-state index contributed by atoms with van der Waals surface area (Å²) in [4.78, 5) is 24.3. The van der Waals surface area contributed by atoms with Gasteiger partial charge in [0.1, 0.15) is 6.54 Å². The van der Waals surface area contributed by atoms with Crippen LogP contribution in [0.25, 0.3) is 0 Å². The molecule has 1 aliphatic carbocycles. The Morgan fingerprint density at radius 3 is 2.24 bits per heavy atom. The van der Waals surface area contributed by atoms with Gasteiger partial charge in [0.15, 0.2) is 0 Å².